The molecule has 0 amide bonds. The van der Waals surface area contributed by atoms with E-state index in [9.17, 15) is 8.60 Å². The standard InChI is InChI=1S/C6H6FN3O4S/c7-3-1-2-4(15(8,11,12)13)6-5(3)9-14-10-6/h1-2H,(H4,8,11,12,13). The van der Waals surface area contributed by atoms with Crippen molar-refractivity contribution in [2.24, 2.45) is 5.14 Å². The van der Waals surface area contributed by atoms with Crippen LogP contribution in [0.15, 0.2) is 21.7 Å². The lowest BCUT2D eigenvalue weighted by molar-refractivity contribution is 0.313. The monoisotopic (exact) mass is 235 g/mol. The molecular formula is C6H6FN3O4S. The van der Waals surface area contributed by atoms with Crippen LogP contribution in [-0.4, -0.2) is 23.6 Å². The van der Waals surface area contributed by atoms with E-state index < -0.39 is 20.5 Å². The summed E-state index contributed by atoms with van der Waals surface area (Å²) in [5.74, 6) is -0.799. The zero-order valence-electron chi connectivity index (χ0n) is 7.12. The Balaban J connectivity index is 2.91. The number of nitrogens with zero attached hydrogens (tertiary/aromatic N) is 2. The Hall–Kier alpha value is -1.42. The van der Waals surface area contributed by atoms with E-state index in [0.29, 0.717) is 0 Å². The van der Waals surface area contributed by atoms with Gasteiger partial charge in [-0.3, -0.25) is 9.11 Å². The fourth-order valence-corrected chi connectivity index (χ4v) is 1.94. The molecule has 0 aliphatic heterocycles. The van der Waals surface area contributed by atoms with Crippen LogP contribution in [0.4, 0.5) is 4.39 Å². The molecule has 2 rings (SSSR count). The number of halogens is 1. The highest BCUT2D eigenvalue weighted by atomic mass is 32.3. The van der Waals surface area contributed by atoms with Crippen LogP contribution in [0.2, 0.25) is 0 Å². The maximum absolute atomic E-state index is 13.1. The first-order valence-electron chi connectivity index (χ1n) is 3.63. The van der Waals surface area contributed by atoms with E-state index in [0.717, 1.165) is 12.1 Å². The molecule has 4 N–H and O–H groups in total. The summed E-state index contributed by atoms with van der Waals surface area (Å²) in [6.45, 7) is 0. The van der Waals surface area contributed by atoms with E-state index in [1.165, 1.54) is 0 Å². The average molecular weight is 235 g/mol. The lowest BCUT2D eigenvalue weighted by Gasteiger charge is -2.24. The highest BCUT2D eigenvalue weighted by molar-refractivity contribution is 8.08. The topological polar surface area (TPSA) is 122 Å². The molecule has 1 aromatic carbocycles. The Labute approximate surface area is 82.2 Å². The van der Waals surface area contributed by atoms with Crippen molar-refractivity contribution in [3.05, 3.63) is 17.9 Å². The Morgan fingerprint density at radius 3 is 2.53 bits per heavy atom. The zero-order valence-corrected chi connectivity index (χ0v) is 7.94. The summed E-state index contributed by atoms with van der Waals surface area (Å²) >= 11 is 0. The van der Waals surface area contributed by atoms with Gasteiger partial charge in [0.2, 0.25) is 0 Å². The predicted molar refractivity (Wildman–Crippen MR) is 47.6 cm³/mol. The van der Waals surface area contributed by atoms with Crippen LogP contribution in [0.25, 0.3) is 11.0 Å². The van der Waals surface area contributed by atoms with Gasteiger partial charge in [0.25, 0.3) is 0 Å². The molecule has 1 heterocycles. The van der Waals surface area contributed by atoms with E-state index in [-0.39, 0.29) is 11.0 Å². The van der Waals surface area contributed by atoms with Crippen molar-refractivity contribution >= 4 is 20.8 Å². The number of rotatable bonds is 1. The normalized spacial score (nSPS) is 15.1. The number of hydrogen-bond donors (Lipinski definition) is 3. The lowest BCUT2D eigenvalue weighted by Crippen LogP contribution is -2.41. The number of nitrogens with two attached hydrogens (primary N) is 1. The van der Waals surface area contributed by atoms with Gasteiger partial charge in [-0.2, -0.15) is 0 Å². The number of benzene rings is 1. The van der Waals surface area contributed by atoms with Gasteiger partial charge < -0.3 is 0 Å². The summed E-state index contributed by atoms with van der Waals surface area (Å²) in [6, 6.07) is 1.67. The summed E-state index contributed by atoms with van der Waals surface area (Å²) in [5, 5.41) is 11.2. The van der Waals surface area contributed by atoms with Gasteiger partial charge in [-0.05, 0) is 22.4 Å². The largest absolute Gasteiger partial charge is 0.293 e. The number of aromatic nitrogens is 2. The summed E-state index contributed by atoms with van der Waals surface area (Å²) in [6.07, 6.45) is 0. The smallest absolute Gasteiger partial charge is 0.172 e. The van der Waals surface area contributed by atoms with Gasteiger partial charge in [-0.25, -0.2) is 18.4 Å². The predicted octanol–water partition coefficient (Wildman–Crippen LogP) is 0.361. The van der Waals surface area contributed by atoms with Crippen molar-refractivity contribution in [3.8, 4) is 0 Å². The van der Waals surface area contributed by atoms with E-state index in [4.69, 9.17) is 14.2 Å². The van der Waals surface area contributed by atoms with Gasteiger partial charge in [0, 0.05) is 0 Å². The first-order chi connectivity index (χ1) is 6.76. The molecule has 0 bridgehead atoms. The first-order valence-corrected chi connectivity index (χ1v) is 5.58. The second-order valence-electron chi connectivity index (χ2n) is 2.93. The molecule has 0 aliphatic rings. The van der Waals surface area contributed by atoms with Crippen molar-refractivity contribution in [2.75, 3.05) is 0 Å². The fraction of sp³-hybridized carbons (Fsp3) is 0. The molecule has 0 fully saturated rings. The minimum absolute atomic E-state index is 0.375. The van der Waals surface area contributed by atoms with Gasteiger partial charge in [0.15, 0.2) is 26.7 Å². The van der Waals surface area contributed by atoms with Crippen LogP contribution < -0.4 is 5.14 Å². The fourth-order valence-electron chi connectivity index (χ4n) is 1.12. The van der Waals surface area contributed by atoms with E-state index in [1.807, 2.05) is 0 Å². The Bertz CT molecular complexity index is 592. The van der Waals surface area contributed by atoms with Crippen LogP contribution in [0.5, 0.6) is 0 Å². The van der Waals surface area contributed by atoms with Gasteiger partial charge in [-0.15, -0.1) is 0 Å². The molecule has 0 unspecified atom stereocenters. The second-order valence-corrected chi connectivity index (χ2v) is 5.21. The quantitative estimate of drug-likeness (QED) is 0.655. The highest BCUT2D eigenvalue weighted by Gasteiger charge is 2.31. The molecule has 1 aromatic heterocycles. The van der Waals surface area contributed by atoms with E-state index in [1.54, 1.807) is 0 Å². The molecule has 7 nitrogen and oxygen atoms in total. The molecule has 0 spiro atoms. The molecule has 82 valence electrons. The minimum Gasteiger partial charge on any atom is -0.293 e. The number of fused-ring (bicyclic) bond motifs is 1. The third kappa shape index (κ3) is 1.61. The third-order valence-electron chi connectivity index (χ3n) is 1.74. The maximum Gasteiger partial charge on any atom is 0.172 e. The van der Waals surface area contributed by atoms with Crippen molar-refractivity contribution in [2.45, 2.75) is 4.90 Å². The molecular weight excluding hydrogens is 229 g/mol. The molecule has 2 aromatic rings. The molecule has 0 saturated carbocycles. The summed E-state index contributed by atoms with van der Waals surface area (Å²) < 4.78 is 46.7. The van der Waals surface area contributed by atoms with Crippen molar-refractivity contribution < 1.29 is 22.3 Å². The number of hydrogen-bond acceptors (Lipinski definition) is 4. The van der Waals surface area contributed by atoms with Crippen LogP contribution in [0.1, 0.15) is 0 Å². The molecule has 0 aliphatic carbocycles. The minimum atomic E-state index is -5.48. The van der Waals surface area contributed by atoms with Crippen molar-refractivity contribution in [1.29, 1.82) is 0 Å². The van der Waals surface area contributed by atoms with Crippen LogP contribution in [-0.2, 0) is 9.81 Å². The van der Waals surface area contributed by atoms with Gasteiger partial charge >= 0.3 is 0 Å². The summed E-state index contributed by atoms with van der Waals surface area (Å²) in [7, 11) is -5.48. The van der Waals surface area contributed by atoms with Crippen LogP contribution >= 0.6 is 0 Å². The molecule has 0 radical (unpaired) electrons. The van der Waals surface area contributed by atoms with Crippen molar-refractivity contribution in [1.82, 2.24) is 10.3 Å². The Kier molecular flexibility index (Phi) is 1.74. The first kappa shape index (κ1) is 10.1. The molecule has 0 saturated heterocycles. The van der Waals surface area contributed by atoms with Crippen LogP contribution in [0, 0.1) is 5.82 Å². The maximum atomic E-state index is 13.1. The SMILES string of the molecule is NS(=O)(O)(O)c1ccc(F)c2nonc12. The molecule has 15 heavy (non-hydrogen) atoms. The van der Waals surface area contributed by atoms with Gasteiger partial charge in [-0.1, -0.05) is 0 Å². The van der Waals surface area contributed by atoms with E-state index >= 15 is 0 Å². The highest BCUT2D eigenvalue weighted by Crippen LogP contribution is 2.29. The Morgan fingerprint density at radius 2 is 1.93 bits per heavy atom. The van der Waals surface area contributed by atoms with Gasteiger partial charge in [0.1, 0.15) is 4.90 Å². The third-order valence-corrected chi connectivity index (χ3v) is 2.90. The molecule has 9 heteroatoms. The summed E-state index contributed by atoms with van der Waals surface area (Å²) in [4.78, 5) is -0.635. The second kappa shape index (κ2) is 2.58. The van der Waals surface area contributed by atoms with Crippen LogP contribution in [0.3, 0.4) is 0 Å². The zero-order chi connectivity index (χ0) is 11.3. The lowest BCUT2D eigenvalue weighted by atomic mass is 10.3. The van der Waals surface area contributed by atoms with Gasteiger partial charge in [0.05, 0.1) is 0 Å². The molecule has 0 atom stereocenters. The van der Waals surface area contributed by atoms with E-state index in [2.05, 4.69) is 14.9 Å². The summed E-state index contributed by atoms with van der Waals surface area (Å²) in [5.41, 5.74) is -0.764. The Morgan fingerprint density at radius 1 is 1.33 bits per heavy atom. The average Bonchev–Trinajstić information content (AvgIpc) is 2.49. The van der Waals surface area contributed by atoms with Crippen molar-refractivity contribution in [3.63, 3.8) is 0 Å².